The Labute approximate surface area is 331 Å². The number of benzene rings is 2. The molecule has 1 atom stereocenters. The molecule has 0 radical (unpaired) electrons. The van der Waals surface area contributed by atoms with Crippen molar-refractivity contribution in [1.29, 1.82) is 5.41 Å². The third-order valence-electron chi connectivity index (χ3n) is 9.53. The Morgan fingerprint density at radius 1 is 0.965 bits per heavy atom. The lowest BCUT2D eigenvalue weighted by Crippen LogP contribution is -2.24. The Morgan fingerprint density at radius 2 is 1.74 bits per heavy atom. The number of amidine groups is 1. The quantitative estimate of drug-likeness (QED) is 0.0511. The number of allylic oxidation sites excluding steroid dienone is 5. The number of unbranched alkanes of at least 4 members (excludes halogenated alkanes) is 6. The highest BCUT2D eigenvalue weighted by atomic mass is 19.2. The maximum atomic E-state index is 15.3. The number of anilines is 1. The van der Waals surface area contributed by atoms with Gasteiger partial charge in [0.15, 0.2) is 17.3 Å². The second-order valence-corrected chi connectivity index (χ2v) is 13.7. The van der Waals surface area contributed by atoms with Crippen LogP contribution in [0.3, 0.4) is 0 Å². The zero-order chi connectivity index (χ0) is 40.6. The lowest BCUT2D eigenvalue weighted by molar-refractivity contribution is -0.117. The van der Waals surface area contributed by atoms with Crippen LogP contribution < -0.4 is 10.1 Å². The molecule has 1 unspecified atom stereocenters. The maximum absolute atomic E-state index is 15.3. The van der Waals surface area contributed by atoms with Crippen LogP contribution >= 0.6 is 0 Å². The lowest BCUT2D eigenvalue weighted by atomic mass is 9.85. The number of fused-ring (bicyclic) bond motifs is 1. The number of aryl methyl sites for hydroxylation is 1. The summed E-state index contributed by atoms with van der Waals surface area (Å²) in [7, 11) is 0. The molecule has 1 aromatic heterocycles. The van der Waals surface area contributed by atoms with Gasteiger partial charge in [-0.3, -0.25) is 20.0 Å². The van der Waals surface area contributed by atoms with Crippen LogP contribution in [0.4, 0.5) is 18.9 Å². The smallest absolute Gasteiger partial charge is 0.245 e. The van der Waals surface area contributed by atoms with Crippen molar-refractivity contribution < 1.29 is 27.5 Å². The first-order chi connectivity index (χ1) is 27.7. The molecular formula is C45H47F3N6O3. The van der Waals surface area contributed by atoms with Gasteiger partial charge in [-0.2, -0.15) is 4.39 Å². The van der Waals surface area contributed by atoms with Gasteiger partial charge in [0.1, 0.15) is 11.7 Å². The van der Waals surface area contributed by atoms with Crippen LogP contribution in [0.1, 0.15) is 99.0 Å². The number of ether oxygens (including phenoxy) is 1. The molecule has 12 heteroatoms. The fourth-order valence-electron chi connectivity index (χ4n) is 6.47. The average molecular weight is 777 g/mol. The second-order valence-electron chi connectivity index (χ2n) is 13.7. The van der Waals surface area contributed by atoms with Crippen LogP contribution in [0.25, 0.3) is 5.57 Å². The number of nitrogens with one attached hydrogen (secondary N) is 2. The third-order valence-corrected chi connectivity index (χ3v) is 9.53. The zero-order valence-electron chi connectivity index (χ0n) is 32.1. The molecule has 296 valence electrons. The van der Waals surface area contributed by atoms with E-state index in [1.807, 2.05) is 43.4 Å². The monoisotopic (exact) mass is 776 g/mol. The van der Waals surface area contributed by atoms with Gasteiger partial charge in [-0.25, -0.2) is 23.7 Å². The number of carbonyl (C=O) groups excluding carboxylic acids is 2. The summed E-state index contributed by atoms with van der Waals surface area (Å²) in [6, 6.07) is 10.8. The molecule has 0 saturated carbocycles. The fraction of sp³-hybridized carbons (Fsp3) is 0.311. The molecule has 2 aromatic carbocycles. The van der Waals surface area contributed by atoms with Crippen molar-refractivity contribution in [3.63, 3.8) is 0 Å². The molecule has 1 amide bonds. The number of halogens is 3. The minimum absolute atomic E-state index is 0.0637. The summed E-state index contributed by atoms with van der Waals surface area (Å²) in [5.74, 6) is -3.30. The molecule has 2 N–H and O–H groups in total. The van der Waals surface area contributed by atoms with E-state index in [1.165, 1.54) is 24.3 Å². The van der Waals surface area contributed by atoms with Crippen molar-refractivity contribution in [2.24, 2.45) is 20.9 Å². The van der Waals surface area contributed by atoms with Crippen molar-refractivity contribution in [3.05, 3.63) is 126 Å². The Bertz CT molecular complexity index is 2140. The molecule has 9 nitrogen and oxygen atoms in total. The number of aromatic nitrogens is 1. The van der Waals surface area contributed by atoms with Crippen LogP contribution in [-0.4, -0.2) is 40.7 Å². The maximum Gasteiger partial charge on any atom is 0.245 e. The predicted molar refractivity (Wildman–Crippen MR) is 221 cm³/mol. The van der Waals surface area contributed by atoms with Gasteiger partial charge in [0, 0.05) is 60.3 Å². The number of ketones is 1. The topological polar surface area (TPSA) is 129 Å². The molecule has 0 saturated heterocycles. The Hall–Kier alpha value is -6.04. The van der Waals surface area contributed by atoms with E-state index in [9.17, 15) is 14.0 Å². The molecule has 5 rings (SSSR count). The van der Waals surface area contributed by atoms with Crippen LogP contribution in [0, 0.1) is 28.8 Å². The molecule has 0 fully saturated rings. The molecule has 2 aliphatic rings. The number of hydrogen-bond acceptors (Lipinski definition) is 7. The van der Waals surface area contributed by atoms with Gasteiger partial charge < -0.3 is 10.1 Å². The van der Waals surface area contributed by atoms with Gasteiger partial charge in [-0.15, -0.1) is 0 Å². The van der Waals surface area contributed by atoms with Crippen molar-refractivity contribution in [3.8, 4) is 11.6 Å². The van der Waals surface area contributed by atoms with E-state index in [0.29, 0.717) is 43.2 Å². The van der Waals surface area contributed by atoms with E-state index in [-0.39, 0.29) is 40.6 Å². The summed E-state index contributed by atoms with van der Waals surface area (Å²) < 4.78 is 48.8. The van der Waals surface area contributed by atoms with E-state index >= 15 is 8.78 Å². The molecule has 0 spiro atoms. The number of pyridine rings is 1. The summed E-state index contributed by atoms with van der Waals surface area (Å²) in [6.07, 6.45) is 21.5. The number of nitrogens with zero attached hydrogens (tertiary/aromatic N) is 4. The molecule has 1 aliphatic carbocycles. The number of rotatable bonds is 20. The Balaban J connectivity index is 1.08. The number of amides is 1. The summed E-state index contributed by atoms with van der Waals surface area (Å²) in [5.41, 5.74) is 4.59. The van der Waals surface area contributed by atoms with Crippen LogP contribution in [-0.2, 0) is 11.2 Å². The highest BCUT2D eigenvalue weighted by Crippen LogP contribution is 2.36. The first kappa shape index (κ1) is 42.1. The van der Waals surface area contributed by atoms with Gasteiger partial charge in [0.2, 0.25) is 17.6 Å². The molecule has 2 heterocycles. The van der Waals surface area contributed by atoms with Gasteiger partial charge in [0.25, 0.3) is 0 Å². The first-order valence-electron chi connectivity index (χ1n) is 19.3. The highest BCUT2D eigenvalue weighted by Gasteiger charge is 2.27. The zero-order valence-corrected chi connectivity index (χ0v) is 32.1. The number of Topliss-reactive ketones (excluding diaryl/α,β-unsaturated/α-hetero) is 1. The van der Waals surface area contributed by atoms with Crippen molar-refractivity contribution in [1.82, 2.24) is 4.98 Å². The van der Waals surface area contributed by atoms with E-state index in [2.05, 4.69) is 31.9 Å². The van der Waals surface area contributed by atoms with E-state index < -0.39 is 17.5 Å². The molecule has 57 heavy (non-hydrogen) atoms. The van der Waals surface area contributed by atoms with Crippen molar-refractivity contribution >= 4 is 46.9 Å². The Morgan fingerprint density at radius 3 is 2.47 bits per heavy atom. The van der Waals surface area contributed by atoms with Gasteiger partial charge >= 0.3 is 0 Å². The normalized spacial score (nSPS) is 14.9. The summed E-state index contributed by atoms with van der Waals surface area (Å²) in [6.45, 7) is 5.50. The first-order valence-corrected chi connectivity index (χ1v) is 19.3. The minimum atomic E-state index is -1.18. The van der Waals surface area contributed by atoms with E-state index in [1.54, 1.807) is 18.6 Å². The van der Waals surface area contributed by atoms with Gasteiger partial charge in [-0.1, -0.05) is 38.5 Å². The van der Waals surface area contributed by atoms with Gasteiger partial charge in [0.05, 0.1) is 17.6 Å². The molecular weight excluding hydrogens is 730 g/mol. The Kier molecular flexibility index (Phi) is 15.7. The van der Waals surface area contributed by atoms with Gasteiger partial charge in [-0.05, 0) is 111 Å². The standard InChI is InChI=1S/C45H47F3N6O3/c1-3-30-27-34(19-20-35(30)38(55)16-9-5-7-12-25-51-41(56)17-10-6-8-11-24-50-40(49)4-2)54-37-15-13-14-31-26-32(28-53-45(31)37)36-21-22-39(44(48)43(36)47)57-42-23-18-33(46)29-52-42/h4,13-15,18-25,27-29,31,49,54H,2-3,5-12,16-17,26H2,1H3. The predicted octanol–water partition coefficient (Wildman–Crippen LogP) is 11.1. The molecule has 1 aliphatic heterocycles. The molecule has 3 aromatic rings. The molecule has 0 bridgehead atoms. The highest BCUT2D eigenvalue weighted by molar-refractivity contribution is 6.08. The van der Waals surface area contributed by atoms with Crippen molar-refractivity contribution in [2.75, 3.05) is 5.32 Å². The number of hydrogen-bond donors (Lipinski definition) is 2. The minimum Gasteiger partial charge on any atom is -0.436 e. The van der Waals surface area contributed by atoms with E-state index in [4.69, 9.17) is 10.1 Å². The lowest BCUT2D eigenvalue weighted by Gasteiger charge is -2.26. The third kappa shape index (κ3) is 12.2. The van der Waals surface area contributed by atoms with Crippen LogP contribution in [0.5, 0.6) is 11.6 Å². The number of aliphatic imine (C=N–C) groups is 3. The fourth-order valence-corrected chi connectivity index (χ4v) is 6.47. The summed E-state index contributed by atoms with van der Waals surface area (Å²) in [4.78, 5) is 41.6. The number of carbonyl (C=O) groups is 2. The van der Waals surface area contributed by atoms with Crippen LogP contribution in [0.2, 0.25) is 0 Å². The summed E-state index contributed by atoms with van der Waals surface area (Å²) in [5, 5.41) is 10.8. The second kappa shape index (κ2) is 21.3. The SMILES string of the molecule is C=CC(=N)N=CCCCCCC(=O)N=CCCCCCC(=O)c1ccc(NC2=CC=CC3CC(c4ccc(Oc5ccc(F)cn5)c(F)c4F)=CN=C23)cc1CC. The largest absolute Gasteiger partial charge is 0.436 e. The average Bonchev–Trinajstić information content (AvgIpc) is 3.22. The summed E-state index contributed by atoms with van der Waals surface area (Å²) >= 11 is 0. The van der Waals surface area contributed by atoms with Crippen molar-refractivity contribution in [2.45, 2.75) is 84.0 Å². The van der Waals surface area contributed by atoms with Crippen LogP contribution in [0.15, 0.2) is 106 Å². The van der Waals surface area contributed by atoms with E-state index in [0.717, 1.165) is 79.9 Å².